The van der Waals surface area contributed by atoms with Crippen LogP contribution in [-0.2, 0) is 9.53 Å². The van der Waals surface area contributed by atoms with Gasteiger partial charge in [-0.3, -0.25) is 4.79 Å². The Balaban J connectivity index is 1.60. The van der Waals surface area contributed by atoms with Crippen LogP contribution in [0.4, 0.5) is 5.69 Å². The lowest BCUT2D eigenvalue weighted by atomic mass is 10.2. The number of halogens is 2. The predicted molar refractivity (Wildman–Crippen MR) is 123 cm³/mol. The third-order valence-corrected chi connectivity index (χ3v) is 5.83. The van der Waals surface area contributed by atoms with E-state index in [1.807, 2.05) is 0 Å². The zero-order valence-electron chi connectivity index (χ0n) is 16.0. The van der Waals surface area contributed by atoms with Crippen LogP contribution in [0.15, 0.2) is 68.9 Å². The molecule has 1 fully saturated rings. The summed E-state index contributed by atoms with van der Waals surface area (Å²) < 4.78 is 10.6. The Morgan fingerprint density at radius 3 is 2.58 bits per heavy atom. The van der Waals surface area contributed by atoms with Crippen LogP contribution in [0.1, 0.15) is 16.1 Å². The molecule has 1 N–H and O–H groups in total. The number of rotatable bonds is 4. The number of amidine groups is 1. The van der Waals surface area contributed by atoms with Crippen molar-refractivity contribution >= 4 is 63.8 Å². The fourth-order valence-electron chi connectivity index (χ4n) is 2.87. The van der Waals surface area contributed by atoms with E-state index < -0.39 is 5.97 Å². The number of esters is 1. The summed E-state index contributed by atoms with van der Waals surface area (Å²) in [5.41, 5.74) is 1.28. The van der Waals surface area contributed by atoms with Crippen molar-refractivity contribution < 1.29 is 18.7 Å². The van der Waals surface area contributed by atoms with Crippen molar-refractivity contribution in [3.8, 4) is 11.3 Å². The fraction of sp³-hybridized carbons (Fsp3) is 0.0455. The van der Waals surface area contributed by atoms with Crippen molar-refractivity contribution in [1.82, 2.24) is 5.32 Å². The fourth-order valence-corrected chi connectivity index (χ4v) is 4.27. The van der Waals surface area contributed by atoms with E-state index >= 15 is 0 Å². The number of nitrogens with one attached hydrogen (secondary N) is 1. The molecule has 4 rings (SSSR count). The number of ether oxygens (including phenoxy) is 1. The molecule has 2 heterocycles. The Hall–Kier alpha value is -3.00. The number of carbonyl (C=O) groups excluding carboxylic acids is 2. The summed E-state index contributed by atoms with van der Waals surface area (Å²) in [4.78, 5) is 29.1. The number of nitrogens with zero attached hydrogens (tertiary/aromatic N) is 1. The molecule has 0 bridgehead atoms. The van der Waals surface area contributed by atoms with Gasteiger partial charge in [0.2, 0.25) is 0 Å². The summed E-state index contributed by atoms with van der Waals surface area (Å²) in [7, 11) is 1.30. The molecule has 1 saturated heterocycles. The maximum Gasteiger partial charge on any atom is 0.340 e. The van der Waals surface area contributed by atoms with Crippen LogP contribution in [0, 0.1) is 0 Å². The Bertz CT molecular complexity index is 1230. The number of para-hydroxylation sites is 1. The Kier molecular flexibility index (Phi) is 6.18. The number of thioether (sulfide) groups is 1. The van der Waals surface area contributed by atoms with E-state index in [1.54, 1.807) is 60.7 Å². The minimum atomic E-state index is -0.508. The van der Waals surface area contributed by atoms with Crippen molar-refractivity contribution in [3.05, 3.63) is 80.9 Å². The number of hydrogen-bond donors (Lipinski definition) is 1. The first kappa shape index (κ1) is 21.2. The molecule has 3 aromatic rings. The third kappa shape index (κ3) is 4.54. The van der Waals surface area contributed by atoms with E-state index in [0.29, 0.717) is 48.5 Å². The normalized spacial score (nSPS) is 16.0. The molecule has 0 radical (unpaired) electrons. The van der Waals surface area contributed by atoms with Crippen molar-refractivity contribution in [2.45, 2.75) is 0 Å². The van der Waals surface area contributed by atoms with Crippen molar-refractivity contribution in [2.75, 3.05) is 7.11 Å². The number of benzene rings is 2. The largest absolute Gasteiger partial charge is 0.465 e. The molecule has 0 aliphatic carbocycles. The van der Waals surface area contributed by atoms with Crippen LogP contribution >= 0.6 is 35.0 Å². The topological polar surface area (TPSA) is 80.9 Å². The summed E-state index contributed by atoms with van der Waals surface area (Å²) in [6, 6.07) is 15.4. The molecule has 9 heteroatoms. The lowest BCUT2D eigenvalue weighted by Gasteiger charge is -2.03. The lowest BCUT2D eigenvalue weighted by Crippen LogP contribution is -2.19. The number of hydrogen-bond acceptors (Lipinski definition) is 6. The predicted octanol–water partition coefficient (Wildman–Crippen LogP) is 5.93. The average molecular weight is 473 g/mol. The number of aliphatic imine (C=N–C) groups is 1. The highest BCUT2D eigenvalue weighted by molar-refractivity contribution is 8.18. The summed E-state index contributed by atoms with van der Waals surface area (Å²) in [6.07, 6.45) is 1.60. The van der Waals surface area contributed by atoms with Gasteiger partial charge < -0.3 is 14.5 Å². The van der Waals surface area contributed by atoms with Gasteiger partial charge in [-0.15, -0.1) is 0 Å². The van der Waals surface area contributed by atoms with Crippen molar-refractivity contribution in [2.24, 2.45) is 4.99 Å². The van der Waals surface area contributed by atoms with Crippen molar-refractivity contribution in [1.29, 1.82) is 0 Å². The van der Waals surface area contributed by atoms with Gasteiger partial charge in [0.15, 0.2) is 5.17 Å². The highest BCUT2D eigenvalue weighted by Crippen LogP contribution is 2.36. The van der Waals surface area contributed by atoms with E-state index in [9.17, 15) is 9.59 Å². The van der Waals surface area contributed by atoms with E-state index in [4.69, 9.17) is 32.4 Å². The molecule has 0 saturated carbocycles. The minimum Gasteiger partial charge on any atom is -0.465 e. The first-order valence-corrected chi connectivity index (χ1v) is 10.5. The summed E-state index contributed by atoms with van der Waals surface area (Å²) in [5.74, 6) is 0.117. The smallest absolute Gasteiger partial charge is 0.340 e. The van der Waals surface area contributed by atoms with Gasteiger partial charge in [0.1, 0.15) is 11.5 Å². The zero-order chi connectivity index (χ0) is 22.0. The third-order valence-electron chi connectivity index (χ3n) is 4.29. The quantitative estimate of drug-likeness (QED) is 0.375. The molecule has 1 aliphatic rings. The van der Waals surface area contributed by atoms with Gasteiger partial charge >= 0.3 is 5.97 Å². The standard InChI is InChI=1S/C22H14Cl2N2O4S/c1-29-21(28)13-5-2-3-8-16(13)25-22-26-20(27)18(31-22)11-12-9-10-17(30-12)19-14(23)6-4-7-15(19)24/h2-11H,1H3,(H,25,26,27)/b18-11+. The molecule has 0 spiro atoms. The molecule has 0 unspecified atom stereocenters. The van der Waals surface area contributed by atoms with Crippen LogP contribution < -0.4 is 5.32 Å². The molecule has 1 aromatic heterocycles. The molecule has 2 aromatic carbocycles. The molecule has 0 atom stereocenters. The molecule has 1 amide bonds. The van der Waals surface area contributed by atoms with Crippen LogP contribution in [0.2, 0.25) is 10.0 Å². The second-order valence-electron chi connectivity index (χ2n) is 6.29. The Labute approximate surface area is 191 Å². The lowest BCUT2D eigenvalue weighted by molar-refractivity contribution is -0.115. The maximum absolute atomic E-state index is 12.4. The summed E-state index contributed by atoms with van der Waals surface area (Å²) >= 11 is 13.6. The van der Waals surface area contributed by atoms with E-state index in [-0.39, 0.29) is 5.91 Å². The van der Waals surface area contributed by atoms with Crippen LogP contribution in [0.5, 0.6) is 0 Å². The molecule has 6 nitrogen and oxygen atoms in total. The molecular formula is C22H14Cl2N2O4S. The van der Waals surface area contributed by atoms with Gasteiger partial charge in [-0.05, 0) is 48.2 Å². The van der Waals surface area contributed by atoms with Crippen LogP contribution in [0.25, 0.3) is 17.4 Å². The van der Waals surface area contributed by atoms with Gasteiger partial charge in [0.05, 0.1) is 38.9 Å². The molecule has 156 valence electrons. The van der Waals surface area contributed by atoms with Gasteiger partial charge in [0.25, 0.3) is 5.91 Å². The first-order chi connectivity index (χ1) is 15.0. The summed E-state index contributed by atoms with van der Waals surface area (Å²) in [5, 5.41) is 3.96. The maximum atomic E-state index is 12.4. The number of methoxy groups -OCH3 is 1. The highest BCUT2D eigenvalue weighted by atomic mass is 35.5. The summed E-state index contributed by atoms with van der Waals surface area (Å²) in [6.45, 7) is 0. The Morgan fingerprint density at radius 2 is 1.84 bits per heavy atom. The first-order valence-electron chi connectivity index (χ1n) is 8.97. The second kappa shape index (κ2) is 9.01. The van der Waals surface area contributed by atoms with Crippen LogP contribution in [-0.4, -0.2) is 24.2 Å². The van der Waals surface area contributed by atoms with E-state index in [1.165, 1.54) is 7.11 Å². The zero-order valence-corrected chi connectivity index (χ0v) is 18.3. The van der Waals surface area contributed by atoms with Gasteiger partial charge in [-0.1, -0.05) is 41.4 Å². The van der Waals surface area contributed by atoms with Gasteiger partial charge in [-0.2, -0.15) is 0 Å². The molecular weight excluding hydrogens is 459 g/mol. The Morgan fingerprint density at radius 1 is 1.10 bits per heavy atom. The SMILES string of the molecule is COC(=O)c1ccccc1N=C1NC(=O)/C(=C\c2ccc(-c3c(Cl)cccc3Cl)o2)S1. The van der Waals surface area contributed by atoms with E-state index in [0.717, 1.165) is 11.8 Å². The number of carbonyl (C=O) groups is 2. The number of amides is 1. The monoisotopic (exact) mass is 472 g/mol. The van der Waals surface area contributed by atoms with E-state index in [2.05, 4.69) is 10.3 Å². The van der Waals surface area contributed by atoms with Crippen molar-refractivity contribution in [3.63, 3.8) is 0 Å². The van der Waals surface area contributed by atoms with Gasteiger partial charge in [-0.25, -0.2) is 9.79 Å². The average Bonchev–Trinajstić information content (AvgIpc) is 3.34. The van der Waals surface area contributed by atoms with Gasteiger partial charge in [0, 0.05) is 6.08 Å². The molecule has 1 aliphatic heterocycles. The molecule has 31 heavy (non-hydrogen) atoms. The highest BCUT2D eigenvalue weighted by Gasteiger charge is 2.25. The number of furan rings is 1. The van der Waals surface area contributed by atoms with Crippen LogP contribution in [0.3, 0.4) is 0 Å². The second-order valence-corrected chi connectivity index (χ2v) is 8.13. The minimum absolute atomic E-state index is 0.303.